The van der Waals surface area contributed by atoms with Gasteiger partial charge in [-0.1, -0.05) is 49.3 Å². The Bertz CT molecular complexity index is 391. The van der Waals surface area contributed by atoms with Crippen molar-refractivity contribution in [2.24, 2.45) is 34.5 Å². The van der Waals surface area contributed by atoms with E-state index in [1.54, 1.807) is 38.5 Å². The molecule has 0 heterocycles. The van der Waals surface area contributed by atoms with Gasteiger partial charge in [-0.05, 0) is 85.9 Å². The molecular weight excluding hydrogens is 355 g/mol. The number of hydrogen-bond acceptors (Lipinski definition) is 0. The van der Waals surface area contributed by atoms with Gasteiger partial charge in [-0.25, -0.2) is 0 Å². The van der Waals surface area contributed by atoms with E-state index in [2.05, 4.69) is 36.4 Å². The zero-order valence-electron chi connectivity index (χ0n) is 13.3. The first-order valence-electron chi connectivity index (χ1n) is 9.20. The lowest BCUT2D eigenvalue weighted by molar-refractivity contribution is -0.101. The topological polar surface area (TPSA) is 0 Å². The van der Waals surface area contributed by atoms with Crippen molar-refractivity contribution in [3.8, 4) is 0 Å². The van der Waals surface area contributed by atoms with Crippen LogP contribution in [0.3, 0.4) is 0 Å². The van der Waals surface area contributed by atoms with Crippen LogP contribution in [0.15, 0.2) is 0 Å². The fourth-order valence-corrected chi connectivity index (χ4v) is 8.36. The van der Waals surface area contributed by atoms with Crippen molar-refractivity contribution >= 4 is 22.6 Å². The Morgan fingerprint density at radius 2 is 1.55 bits per heavy atom. The fraction of sp³-hybridized carbons (Fsp3) is 1.00. The van der Waals surface area contributed by atoms with Crippen LogP contribution in [-0.4, -0.2) is 3.92 Å². The number of hydrogen-bond donors (Lipinski definition) is 0. The Morgan fingerprint density at radius 3 is 2.40 bits per heavy atom. The molecule has 0 aromatic carbocycles. The van der Waals surface area contributed by atoms with Crippen LogP contribution in [0.25, 0.3) is 0 Å². The van der Waals surface area contributed by atoms with Crippen molar-refractivity contribution in [1.29, 1.82) is 0 Å². The van der Waals surface area contributed by atoms with Gasteiger partial charge in [0.25, 0.3) is 0 Å². The van der Waals surface area contributed by atoms with E-state index < -0.39 is 0 Å². The summed E-state index contributed by atoms with van der Waals surface area (Å²) in [7, 11) is 0. The molecule has 0 spiro atoms. The highest BCUT2D eigenvalue weighted by Crippen LogP contribution is 2.67. The highest BCUT2D eigenvalue weighted by molar-refractivity contribution is 14.1. The molecule has 4 aliphatic rings. The molecule has 0 N–H and O–H groups in total. The average molecular weight is 386 g/mol. The van der Waals surface area contributed by atoms with Crippen molar-refractivity contribution in [1.82, 2.24) is 0 Å². The molecule has 114 valence electrons. The number of halogens is 1. The second-order valence-electron chi connectivity index (χ2n) is 8.99. The zero-order valence-corrected chi connectivity index (χ0v) is 15.5. The Morgan fingerprint density at radius 1 is 0.750 bits per heavy atom. The molecule has 1 unspecified atom stereocenters. The number of fused-ring (bicyclic) bond motifs is 5. The van der Waals surface area contributed by atoms with Crippen molar-refractivity contribution < 1.29 is 0 Å². The highest BCUT2D eigenvalue weighted by Gasteiger charge is 2.59. The van der Waals surface area contributed by atoms with Gasteiger partial charge in [0.05, 0.1) is 0 Å². The maximum absolute atomic E-state index is 2.79. The molecule has 4 saturated carbocycles. The van der Waals surface area contributed by atoms with Crippen LogP contribution in [0.5, 0.6) is 0 Å². The van der Waals surface area contributed by atoms with Gasteiger partial charge in [-0.15, -0.1) is 0 Å². The third-order valence-electron chi connectivity index (χ3n) is 8.47. The van der Waals surface area contributed by atoms with Crippen molar-refractivity contribution in [3.63, 3.8) is 0 Å². The molecule has 0 radical (unpaired) electrons. The maximum atomic E-state index is 2.79. The van der Waals surface area contributed by atoms with Crippen molar-refractivity contribution in [2.75, 3.05) is 0 Å². The Kier molecular flexibility index (Phi) is 3.48. The minimum atomic E-state index is 0.694. The Balaban J connectivity index is 1.64. The predicted octanol–water partition coefficient (Wildman–Crippen LogP) is 6.22. The van der Waals surface area contributed by atoms with Crippen LogP contribution in [0, 0.1) is 34.5 Å². The molecular formula is C19H31I. The maximum Gasteiger partial charge on any atom is 0.0166 e. The van der Waals surface area contributed by atoms with E-state index in [1.807, 2.05) is 0 Å². The van der Waals surface area contributed by atoms with Crippen LogP contribution in [0.1, 0.15) is 78.1 Å². The summed E-state index contributed by atoms with van der Waals surface area (Å²) in [5.74, 6) is 4.33. The number of alkyl halides is 1. The second kappa shape index (κ2) is 4.86. The summed E-state index contributed by atoms with van der Waals surface area (Å²) in [6.45, 7) is 5.35. The smallest absolute Gasteiger partial charge is 0.0166 e. The van der Waals surface area contributed by atoms with Gasteiger partial charge in [0.1, 0.15) is 0 Å². The largest absolute Gasteiger partial charge is 0.0820 e. The Hall–Kier alpha value is 0.730. The summed E-state index contributed by atoms with van der Waals surface area (Å²) < 4.78 is 0.961. The van der Waals surface area contributed by atoms with Gasteiger partial charge in [0.15, 0.2) is 0 Å². The van der Waals surface area contributed by atoms with Crippen LogP contribution in [0.4, 0.5) is 0 Å². The third-order valence-corrected chi connectivity index (χ3v) is 10.5. The molecule has 1 heteroatoms. The zero-order chi connectivity index (χ0) is 14.0. The molecule has 4 aliphatic carbocycles. The summed E-state index contributed by atoms with van der Waals surface area (Å²) in [5.41, 5.74) is 1.42. The van der Waals surface area contributed by atoms with Gasteiger partial charge in [0, 0.05) is 3.92 Å². The number of rotatable bonds is 0. The standard InChI is InChI=1S/C19H31I/c1-18-11-4-3-5-13(18)6-7-14-15-8-9-17(20)19(15,2)12-10-16(14)18/h13-17H,3-12H2,1-2H3/t13-,14+,15+,16+,17?,18+,19+/m1/s1. The molecule has 0 bridgehead atoms. The normalized spacial score (nSPS) is 58.6. The van der Waals surface area contributed by atoms with Gasteiger partial charge in [-0.2, -0.15) is 0 Å². The summed E-state index contributed by atoms with van der Waals surface area (Å²) in [6, 6.07) is 0. The monoisotopic (exact) mass is 386 g/mol. The highest BCUT2D eigenvalue weighted by atomic mass is 127. The lowest BCUT2D eigenvalue weighted by atomic mass is 9.45. The van der Waals surface area contributed by atoms with Crippen molar-refractivity contribution in [3.05, 3.63) is 0 Å². The molecule has 0 amide bonds. The quantitative estimate of drug-likeness (QED) is 0.342. The van der Waals surface area contributed by atoms with E-state index >= 15 is 0 Å². The minimum absolute atomic E-state index is 0.694. The first kappa shape index (κ1) is 14.3. The average Bonchev–Trinajstić information content (AvgIpc) is 2.74. The molecule has 0 saturated heterocycles. The molecule has 0 nitrogen and oxygen atoms in total. The van der Waals surface area contributed by atoms with Gasteiger partial charge >= 0.3 is 0 Å². The summed E-state index contributed by atoms with van der Waals surface area (Å²) in [5, 5.41) is 0. The van der Waals surface area contributed by atoms with Crippen molar-refractivity contribution in [2.45, 2.75) is 82.0 Å². The molecule has 20 heavy (non-hydrogen) atoms. The van der Waals surface area contributed by atoms with Gasteiger partial charge in [0.2, 0.25) is 0 Å². The summed E-state index contributed by atoms with van der Waals surface area (Å²) in [6.07, 6.45) is 15.4. The molecule has 7 atom stereocenters. The van der Waals surface area contributed by atoms with Gasteiger partial charge in [-0.3, -0.25) is 0 Å². The summed E-state index contributed by atoms with van der Waals surface area (Å²) in [4.78, 5) is 0. The van der Waals surface area contributed by atoms with E-state index in [9.17, 15) is 0 Å². The van der Waals surface area contributed by atoms with E-state index in [0.717, 1.165) is 33.0 Å². The van der Waals surface area contributed by atoms with Crippen LogP contribution < -0.4 is 0 Å². The van der Waals surface area contributed by atoms with E-state index in [-0.39, 0.29) is 0 Å². The first-order valence-corrected chi connectivity index (χ1v) is 10.4. The fourth-order valence-electron chi connectivity index (χ4n) is 7.23. The molecule has 0 aromatic heterocycles. The molecule has 4 rings (SSSR count). The first-order chi connectivity index (χ1) is 9.56. The lowest BCUT2D eigenvalue weighted by Crippen LogP contribution is -2.52. The van der Waals surface area contributed by atoms with Crippen LogP contribution >= 0.6 is 22.6 Å². The Labute approximate surface area is 139 Å². The predicted molar refractivity (Wildman–Crippen MR) is 94.2 cm³/mol. The molecule has 0 aromatic rings. The molecule has 0 aliphatic heterocycles. The van der Waals surface area contributed by atoms with E-state index in [4.69, 9.17) is 0 Å². The second-order valence-corrected chi connectivity index (χ2v) is 10.5. The third kappa shape index (κ3) is 1.83. The van der Waals surface area contributed by atoms with E-state index in [0.29, 0.717) is 5.41 Å². The van der Waals surface area contributed by atoms with E-state index in [1.165, 1.54) is 25.7 Å². The van der Waals surface area contributed by atoms with Crippen LogP contribution in [-0.2, 0) is 0 Å². The SMILES string of the molecule is C[C@]12CCCC[C@@H]1CC[C@@H]1[C@@H]2CC[C@]2(C)C(I)CC[C@@H]12. The molecule has 4 fully saturated rings. The summed E-state index contributed by atoms with van der Waals surface area (Å²) >= 11 is 2.79. The lowest BCUT2D eigenvalue weighted by Gasteiger charge is -2.60. The van der Waals surface area contributed by atoms with Crippen LogP contribution in [0.2, 0.25) is 0 Å². The minimum Gasteiger partial charge on any atom is -0.0820 e. The van der Waals surface area contributed by atoms with Gasteiger partial charge < -0.3 is 0 Å².